The van der Waals surface area contributed by atoms with Crippen molar-refractivity contribution in [2.75, 3.05) is 13.1 Å². The van der Waals surface area contributed by atoms with Crippen molar-refractivity contribution >= 4 is 17.2 Å². The van der Waals surface area contributed by atoms with Crippen molar-refractivity contribution in [3.63, 3.8) is 0 Å². The van der Waals surface area contributed by atoms with Crippen molar-refractivity contribution < 1.29 is 4.79 Å². The molecule has 0 aliphatic heterocycles. The van der Waals surface area contributed by atoms with Crippen molar-refractivity contribution in [2.45, 2.75) is 13.5 Å². The molecule has 0 radical (unpaired) electrons. The van der Waals surface area contributed by atoms with Gasteiger partial charge in [-0.1, -0.05) is 17.7 Å². The number of nitrogens with zero attached hydrogens (tertiary/aromatic N) is 1. The molecule has 0 saturated heterocycles. The highest BCUT2D eigenvalue weighted by Gasteiger charge is 2.03. The van der Waals surface area contributed by atoms with Crippen LogP contribution in [0.5, 0.6) is 0 Å². The van der Waals surface area contributed by atoms with E-state index in [1.807, 2.05) is 42.6 Å². The Bertz CT molecular complexity index is 640. The summed E-state index contributed by atoms with van der Waals surface area (Å²) in [6.07, 6.45) is 0. The topological polar surface area (TPSA) is 64.9 Å². The molecule has 21 heavy (non-hydrogen) atoms. The number of benzene rings is 1. The third-order valence-electron chi connectivity index (χ3n) is 2.98. The molecule has 0 aliphatic rings. The van der Waals surface area contributed by atoms with Gasteiger partial charge in [0.2, 0.25) is 0 Å². The number of thiophene rings is 1. The second-order valence-corrected chi connectivity index (χ2v) is 5.71. The average Bonchev–Trinajstić information content (AvgIpc) is 2.95. The van der Waals surface area contributed by atoms with Gasteiger partial charge in [0.15, 0.2) is 0 Å². The van der Waals surface area contributed by atoms with Gasteiger partial charge in [0, 0.05) is 35.5 Å². The summed E-state index contributed by atoms with van der Waals surface area (Å²) in [5.74, 6) is -0.0558. The summed E-state index contributed by atoms with van der Waals surface area (Å²) in [6.45, 7) is 3.97. The fourth-order valence-corrected chi connectivity index (χ4v) is 2.59. The highest BCUT2D eigenvalue weighted by atomic mass is 32.1. The van der Waals surface area contributed by atoms with Crippen LogP contribution in [0.25, 0.3) is 0 Å². The molecule has 108 valence electrons. The molecule has 2 aromatic rings. The van der Waals surface area contributed by atoms with Crippen LogP contribution in [0.1, 0.15) is 26.4 Å². The van der Waals surface area contributed by atoms with Crippen LogP contribution in [0.15, 0.2) is 35.7 Å². The second-order valence-electron chi connectivity index (χ2n) is 4.71. The zero-order valence-electron chi connectivity index (χ0n) is 11.8. The number of carbonyl (C=O) groups excluding carboxylic acids is 1. The molecule has 0 spiro atoms. The van der Waals surface area contributed by atoms with E-state index in [1.54, 1.807) is 11.3 Å². The average molecular weight is 299 g/mol. The van der Waals surface area contributed by atoms with E-state index in [0.29, 0.717) is 30.8 Å². The van der Waals surface area contributed by atoms with Crippen LogP contribution in [0.3, 0.4) is 0 Å². The number of nitriles is 1. The van der Waals surface area contributed by atoms with E-state index in [0.717, 1.165) is 10.4 Å². The number of hydrogen-bond donors (Lipinski definition) is 2. The lowest BCUT2D eigenvalue weighted by molar-refractivity contribution is 0.0954. The number of nitrogens with one attached hydrogen (secondary N) is 2. The van der Waals surface area contributed by atoms with Gasteiger partial charge in [-0.05, 0) is 25.1 Å². The van der Waals surface area contributed by atoms with Crippen LogP contribution in [0, 0.1) is 18.3 Å². The Hall–Kier alpha value is -2.16. The molecule has 4 nitrogen and oxygen atoms in total. The van der Waals surface area contributed by atoms with Gasteiger partial charge in [-0.2, -0.15) is 5.26 Å². The predicted octanol–water partition coefficient (Wildman–Crippen LogP) is 2.45. The van der Waals surface area contributed by atoms with Crippen molar-refractivity contribution in [2.24, 2.45) is 0 Å². The van der Waals surface area contributed by atoms with Crippen molar-refractivity contribution in [3.8, 4) is 6.07 Å². The van der Waals surface area contributed by atoms with Gasteiger partial charge in [-0.25, -0.2) is 0 Å². The Morgan fingerprint density at radius 3 is 2.71 bits per heavy atom. The maximum absolute atomic E-state index is 11.9. The maximum Gasteiger partial charge on any atom is 0.251 e. The van der Waals surface area contributed by atoms with Gasteiger partial charge in [-0.3, -0.25) is 4.79 Å². The first kappa shape index (κ1) is 15.2. The van der Waals surface area contributed by atoms with E-state index >= 15 is 0 Å². The summed E-state index contributed by atoms with van der Waals surface area (Å²) in [6, 6.07) is 11.5. The largest absolute Gasteiger partial charge is 0.351 e. The first-order valence-corrected chi connectivity index (χ1v) is 7.60. The van der Waals surface area contributed by atoms with Crippen LogP contribution in [-0.4, -0.2) is 19.0 Å². The van der Waals surface area contributed by atoms with Crippen LogP contribution < -0.4 is 10.6 Å². The molecule has 2 rings (SSSR count). The lowest BCUT2D eigenvalue weighted by atomic mass is 10.1. The van der Waals surface area contributed by atoms with Gasteiger partial charge in [0.05, 0.1) is 5.56 Å². The minimum atomic E-state index is -0.0558. The van der Waals surface area contributed by atoms with Gasteiger partial charge in [0.25, 0.3) is 5.91 Å². The van der Waals surface area contributed by atoms with E-state index in [2.05, 4.69) is 16.7 Å². The van der Waals surface area contributed by atoms with E-state index in [4.69, 9.17) is 5.26 Å². The Morgan fingerprint density at radius 1 is 1.29 bits per heavy atom. The summed E-state index contributed by atoms with van der Waals surface area (Å²) in [4.78, 5) is 13.0. The molecular weight excluding hydrogens is 282 g/mol. The van der Waals surface area contributed by atoms with E-state index in [9.17, 15) is 4.79 Å². The van der Waals surface area contributed by atoms with Crippen molar-refractivity contribution in [1.29, 1.82) is 5.26 Å². The second kappa shape index (κ2) is 7.58. The maximum atomic E-state index is 11.9. The molecule has 1 heterocycles. The monoisotopic (exact) mass is 299 g/mol. The molecule has 0 bridgehead atoms. The quantitative estimate of drug-likeness (QED) is 0.805. The van der Waals surface area contributed by atoms with Crippen LogP contribution in [-0.2, 0) is 6.54 Å². The Balaban J connectivity index is 1.66. The van der Waals surface area contributed by atoms with Crippen LogP contribution in [0.2, 0.25) is 0 Å². The number of aryl methyl sites for hydroxylation is 1. The van der Waals surface area contributed by atoms with Gasteiger partial charge in [0.1, 0.15) is 6.07 Å². The smallest absolute Gasteiger partial charge is 0.251 e. The Labute approximate surface area is 128 Å². The van der Waals surface area contributed by atoms with E-state index in [-0.39, 0.29) is 5.91 Å². The first-order chi connectivity index (χ1) is 10.2. The molecule has 0 aliphatic carbocycles. The van der Waals surface area contributed by atoms with Crippen LogP contribution >= 0.6 is 11.3 Å². The molecule has 5 heteroatoms. The SMILES string of the molecule is Cc1ccc(C(=O)NCCNCc2cc(C#N)cs2)cc1. The Kier molecular flexibility index (Phi) is 5.50. The predicted molar refractivity (Wildman–Crippen MR) is 84.3 cm³/mol. The molecule has 1 amide bonds. The zero-order valence-corrected chi connectivity index (χ0v) is 12.7. The molecule has 0 fully saturated rings. The molecule has 0 saturated carbocycles. The lowest BCUT2D eigenvalue weighted by Crippen LogP contribution is -2.31. The summed E-state index contributed by atoms with van der Waals surface area (Å²) >= 11 is 1.56. The molecule has 0 atom stereocenters. The molecule has 2 N–H and O–H groups in total. The molecule has 1 aromatic heterocycles. The van der Waals surface area contributed by atoms with E-state index in [1.165, 1.54) is 0 Å². The summed E-state index contributed by atoms with van der Waals surface area (Å²) in [5, 5.41) is 16.7. The van der Waals surface area contributed by atoms with Crippen molar-refractivity contribution in [1.82, 2.24) is 10.6 Å². The Morgan fingerprint density at radius 2 is 2.05 bits per heavy atom. The summed E-state index contributed by atoms with van der Waals surface area (Å²) < 4.78 is 0. The number of rotatable bonds is 6. The van der Waals surface area contributed by atoms with Crippen molar-refractivity contribution in [3.05, 3.63) is 57.3 Å². The number of amides is 1. The minimum Gasteiger partial charge on any atom is -0.351 e. The highest BCUT2D eigenvalue weighted by Crippen LogP contribution is 2.12. The fraction of sp³-hybridized carbons (Fsp3) is 0.250. The normalized spacial score (nSPS) is 10.1. The molecule has 1 aromatic carbocycles. The first-order valence-electron chi connectivity index (χ1n) is 6.72. The van der Waals surface area contributed by atoms with E-state index < -0.39 is 0 Å². The summed E-state index contributed by atoms with van der Waals surface area (Å²) in [7, 11) is 0. The summed E-state index contributed by atoms with van der Waals surface area (Å²) in [5.41, 5.74) is 2.52. The van der Waals surface area contributed by atoms with Gasteiger partial charge in [-0.15, -0.1) is 11.3 Å². The highest BCUT2D eigenvalue weighted by molar-refractivity contribution is 7.10. The third-order valence-corrected chi connectivity index (χ3v) is 3.92. The minimum absolute atomic E-state index is 0.0558. The molecule has 0 unspecified atom stereocenters. The fourth-order valence-electron chi connectivity index (χ4n) is 1.81. The standard InChI is InChI=1S/C16H17N3OS/c1-12-2-4-14(5-3-12)16(20)19-7-6-18-10-15-8-13(9-17)11-21-15/h2-5,8,11,18H,6-7,10H2,1H3,(H,19,20). The number of carbonyl (C=O) groups is 1. The zero-order chi connectivity index (χ0) is 15.1. The van der Waals surface area contributed by atoms with Crippen LogP contribution in [0.4, 0.5) is 0 Å². The number of hydrogen-bond acceptors (Lipinski definition) is 4. The van der Waals surface area contributed by atoms with Gasteiger partial charge < -0.3 is 10.6 Å². The third kappa shape index (κ3) is 4.71. The molecular formula is C16H17N3OS. The van der Waals surface area contributed by atoms with Gasteiger partial charge >= 0.3 is 0 Å². The lowest BCUT2D eigenvalue weighted by Gasteiger charge is -2.06.